The van der Waals surface area contributed by atoms with Crippen LogP contribution in [-0.4, -0.2) is 31.8 Å². The van der Waals surface area contributed by atoms with Crippen LogP contribution in [0.5, 0.6) is 11.5 Å². The summed E-state index contributed by atoms with van der Waals surface area (Å²) in [4.78, 5) is 11.0. The fourth-order valence-electron chi connectivity index (χ4n) is 2.56. The van der Waals surface area contributed by atoms with E-state index >= 15 is 0 Å². The summed E-state index contributed by atoms with van der Waals surface area (Å²) in [5.41, 5.74) is 0.319. The normalized spacial score (nSPS) is 21.6. The van der Waals surface area contributed by atoms with E-state index in [4.69, 9.17) is 14.6 Å². The van der Waals surface area contributed by atoms with Gasteiger partial charge in [0.2, 0.25) is 0 Å². The molecule has 0 radical (unpaired) electrons. The third-order valence-electron chi connectivity index (χ3n) is 3.65. The second kappa shape index (κ2) is 6.26. The predicted molar refractivity (Wildman–Crippen MR) is 71.0 cm³/mol. The number of hydrogen-bond donors (Lipinski definition) is 2. The van der Waals surface area contributed by atoms with Crippen molar-refractivity contribution in [3.63, 3.8) is 0 Å². The van der Waals surface area contributed by atoms with Crippen molar-refractivity contribution in [3.8, 4) is 11.5 Å². The Balaban J connectivity index is 2.37. The van der Waals surface area contributed by atoms with Crippen LogP contribution in [0.25, 0.3) is 0 Å². The molecule has 0 bridgehead atoms. The maximum atomic E-state index is 13.2. The molecule has 1 aliphatic heterocycles. The highest BCUT2D eigenvalue weighted by Crippen LogP contribution is 2.41. The van der Waals surface area contributed by atoms with Gasteiger partial charge in [0.05, 0.1) is 25.7 Å². The molecule has 5 nitrogen and oxygen atoms in total. The molecule has 1 fully saturated rings. The van der Waals surface area contributed by atoms with E-state index in [0.717, 1.165) is 0 Å². The van der Waals surface area contributed by atoms with Crippen LogP contribution in [0.4, 0.5) is 8.78 Å². The third-order valence-corrected chi connectivity index (χ3v) is 3.65. The van der Waals surface area contributed by atoms with Crippen molar-refractivity contribution >= 4 is 5.97 Å². The Kier molecular flexibility index (Phi) is 4.62. The summed E-state index contributed by atoms with van der Waals surface area (Å²) in [6.45, 7) is 0.318. The lowest BCUT2D eigenvalue weighted by molar-refractivity contribution is -0.141. The number of halogens is 2. The lowest BCUT2D eigenvalue weighted by atomic mass is 9.97. The van der Waals surface area contributed by atoms with E-state index in [-0.39, 0.29) is 23.1 Å². The number of alkyl halides is 2. The molecule has 21 heavy (non-hydrogen) atoms. The Hall–Kier alpha value is -1.89. The molecule has 2 N–H and O–H groups in total. The molecule has 2 atom stereocenters. The molecule has 1 heterocycles. The zero-order valence-electron chi connectivity index (χ0n) is 11.7. The van der Waals surface area contributed by atoms with Crippen LogP contribution in [-0.2, 0) is 4.79 Å². The van der Waals surface area contributed by atoms with E-state index in [2.05, 4.69) is 5.32 Å². The molecule has 0 aliphatic carbocycles. The Labute approximate surface area is 120 Å². The first-order valence-electron chi connectivity index (χ1n) is 6.48. The van der Waals surface area contributed by atoms with Crippen molar-refractivity contribution in [2.45, 2.75) is 18.9 Å². The van der Waals surface area contributed by atoms with Gasteiger partial charge in [-0.15, -0.1) is 0 Å². The van der Waals surface area contributed by atoms with Crippen LogP contribution in [0, 0.1) is 5.92 Å². The van der Waals surface area contributed by atoms with Crippen LogP contribution in [0.15, 0.2) is 12.1 Å². The van der Waals surface area contributed by atoms with Crippen molar-refractivity contribution in [2.24, 2.45) is 5.92 Å². The number of benzene rings is 1. The lowest BCUT2D eigenvalue weighted by Crippen LogP contribution is -2.17. The average Bonchev–Trinajstić information content (AvgIpc) is 2.95. The number of hydrogen-bond acceptors (Lipinski definition) is 4. The zero-order chi connectivity index (χ0) is 15.6. The number of methoxy groups -OCH3 is 2. The highest BCUT2D eigenvalue weighted by atomic mass is 19.3. The van der Waals surface area contributed by atoms with Gasteiger partial charge in [-0.1, -0.05) is 0 Å². The van der Waals surface area contributed by atoms with Crippen molar-refractivity contribution in [1.29, 1.82) is 0 Å². The summed E-state index contributed by atoms with van der Waals surface area (Å²) >= 11 is 0. The standard InChI is InChI=1S/C14H17F2NO4/c1-20-11-5-7(3-9(13(15)16)12(11)21-2)10-4-8(6-17-10)14(18)19/h3,5,8,10,13,17H,4,6H2,1-2H3,(H,18,19). The maximum Gasteiger partial charge on any atom is 0.307 e. The fraction of sp³-hybridized carbons (Fsp3) is 0.500. The van der Waals surface area contributed by atoms with Crippen molar-refractivity contribution in [2.75, 3.05) is 20.8 Å². The molecule has 0 saturated carbocycles. The van der Waals surface area contributed by atoms with Crippen LogP contribution in [0.3, 0.4) is 0 Å². The fourth-order valence-corrected chi connectivity index (χ4v) is 2.56. The van der Waals surface area contributed by atoms with Gasteiger partial charge in [-0.2, -0.15) is 0 Å². The van der Waals surface area contributed by atoms with Gasteiger partial charge in [0.15, 0.2) is 11.5 Å². The van der Waals surface area contributed by atoms with E-state index in [1.807, 2.05) is 0 Å². The van der Waals surface area contributed by atoms with Gasteiger partial charge >= 0.3 is 5.97 Å². The summed E-state index contributed by atoms with van der Waals surface area (Å²) in [6, 6.07) is 2.66. The van der Waals surface area contributed by atoms with E-state index < -0.39 is 18.3 Å². The molecule has 116 valence electrons. The molecule has 0 amide bonds. The Morgan fingerprint density at radius 1 is 1.38 bits per heavy atom. The molecule has 1 aromatic carbocycles. The molecule has 1 aliphatic rings. The summed E-state index contributed by atoms with van der Waals surface area (Å²) in [5, 5.41) is 12.0. The summed E-state index contributed by atoms with van der Waals surface area (Å²) < 4.78 is 36.4. The first-order chi connectivity index (χ1) is 9.97. The second-order valence-corrected chi connectivity index (χ2v) is 4.88. The van der Waals surface area contributed by atoms with Gasteiger partial charge in [0, 0.05) is 12.6 Å². The van der Waals surface area contributed by atoms with Gasteiger partial charge in [-0.25, -0.2) is 8.78 Å². The van der Waals surface area contributed by atoms with Crippen molar-refractivity contribution < 1.29 is 28.2 Å². The van der Waals surface area contributed by atoms with Gasteiger partial charge in [0.1, 0.15) is 0 Å². The van der Waals surface area contributed by atoms with Crippen LogP contribution < -0.4 is 14.8 Å². The number of rotatable bonds is 5. The SMILES string of the molecule is COc1cc(C2CC(C(=O)O)CN2)cc(C(F)F)c1OC. The number of aliphatic carboxylic acids is 1. The zero-order valence-corrected chi connectivity index (χ0v) is 11.7. The Morgan fingerprint density at radius 3 is 2.57 bits per heavy atom. The molecular weight excluding hydrogens is 284 g/mol. The van der Waals surface area contributed by atoms with Crippen LogP contribution in [0.2, 0.25) is 0 Å². The van der Waals surface area contributed by atoms with Crippen LogP contribution in [0.1, 0.15) is 30.0 Å². The van der Waals surface area contributed by atoms with Gasteiger partial charge in [0.25, 0.3) is 6.43 Å². The Morgan fingerprint density at radius 2 is 2.10 bits per heavy atom. The molecule has 1 aromatic rings. The largest absolute Gasteiger partial charge is 0.493 e. The van der Waals surface area contributed by atoms with Gasteiger partial charge < -0.3 is 19.9 Å². The van der Waals surface area contributed by atoms with E-state index in [1.165, 1.54) is 20.3 Å². The first-order valence-corrected chi connectivity index (χ1v) is 6.48. The molecule has 0 aromatic heterocycles. The molecule has 2 rings (SSSR count). The first kappa shape index (κ1) is 15.5. The lowest BCUT2D eigenvalue weighted by Gasteiger charge is -2.18. The number of carboxylic acid groups (broad SMARTS) is 1. The minimum absolute atomic E-state index is 0.00373. The van der Waals surface area contributed by atoms with Gasteiger partial charge in [-0.3, -0.25) is 4.79 Å². The minimum atomic E-state index is -2.70. The monoisotopic (exact) mass is 301 g/mol. The molecule has 0 spiro atoms. The summed E-state index contributed by atoms with van der Waals surface area (Å²) in [6.07, 6.45) is -2.35. The van der Waals surface area contributed by atoms with Crippen LogP contribution >= 0.6 is 0 Å². The summed E-state index contributed by atoms with van der Waals surface area (Å²) in [5.74, 6) is -1.19. The minimum Gasteiger partial charge on any atom is -0.493 e. The van der Waals surface area contributed by atoms with E-state index in [9.17, 15) is 13.6 Å². The van der Waals surface area contributed by atoms with Crippen molar-refractivity contribution in [3.05, 3.63) is 23.3 Å². The topological polar surface area (TPSA) is 67.8 Å². The quantitative estimate of drug-likeness (QED) is 0.874. The third kappa shape index (κ3) is 3.07. The molecule has 2 unspecified atom stereocenters. The smallest absolute Gasteiger partial charge is 0.307 e. The molecule has 7 heteroatoms. The summed E-state index contributed by atoms with van der Waals surface area (Å²) in [7, 11) is 2.68. The molecular formula is C14H17F2NO4. The second-order valence-electron chi connectivity index (χ2n) is 4.88. The number of carbonyl (C=O) groups is 1. The predicted octanol–water partition coefficient (Wildman–Crippen LogP) is 2.38. The molecule has 1 saturated heterocycles. The Bertz CT molecular complexity index is 536. The number of ether oxygens (including phenoxy) is 2. The van der Waals surface area contributed by atoms with E-state index in [1.54, 1.807) is 6.07 Å². The maximum absolute atomic E-state index is 13.2. The number of carboxylic acids is 1. The highest BCUT2D eigenvalue weighted by Gasteiger charge is 2.31. The average molecular weight is 301 g/mol. The van der Waals surface area contributed by atoms with Crippen molar-refractivity contribution in [1.82, 2.24) is 5.32 Å². The highest BCUT2D eigenvalue weighted by molar-refractivity contribution is 5.71. The number of nitrogens with one attached hydrogen (secondary N) is 1. The van der Waals surface area contributed by atoms with Gasteiger partial charge in [-0.05, 0) is 24.1 Å². The van der Waals surface area contributed by atoms with E-state index in [0.29, 0.717) is 18.5 Å².